The number of thioether (sulfide) groups is 1. The van der Waals surface area contributed by atoms with Crippen molar-refractivity contribution in [1.29, 1.82) is 0 Å². The summed E-state index contributed by atoms with van der Waals surface area (Å²) in [5, 5.41) is 0. The maximum atomic E-state index is 15.0. The molecule has 3 unspecified atom stereocenters. The summed E-state index contributed by atoms with van der Waals surface area (Å²) in [6, 6.07) is 22.0. The molecular formula is C39H54NO3S+. The second-order valence-corrected chi connectivity index (χ2v) is 15.9. The van der Waals surface area contributed by atoms with Crippen LogP contribution in [0, 0.1) is 11.8 Å². The molecule has 2 bridgehead atoms. The van der Waals surface area contributed by atoms with Gasteiger partial charge in [-0.2, -0.15) is 0 Å². The maximum Gasteiger partial charge on any atom is 0.348 e. The van der Waals surface area contributed by atoms with Gasteiger partial charge in [0.15, 0.2) is 0 Å². The van der Waals surface area contributed by atoms with E-state index in [1.54, 1.807) is 0 Å². The Morgan fingerprint density at radius 2 is 1.27 bits per heavy atom. The third-order valence-electron chi connectivity index (χ3n) is 12.2. The van der Waals surface area contributed by atoms with Crippen molar-refractivity contribution in [2.75, 3.05) is 18.8 Å². The fourth-order valence-electron chi connectivity index (χ4n) is 9.90. The molecule has 3 heterocycles. The topological polar surface area (TPSA) is 35.5 Å². The molecule has 2 saturated carbocycles. The molecule has 3 saturated heterocycles. The van der Waals surface area contributed by atoms with Crippen LogP contribution >= 0.6 is 11.8 Å². The van der Waals surface area contributed by atoms with Crippen molar-refractivity contribution in [1.82, 2.24) is 0 Å². The second-order valence-electron chi connectivity index (χ2n) is 14.8. The van der Waals surface area contributed by atoms with Crippen LogP contribution in [0.1, 0.15) is 114 Å². The molecule has 2 aromatic carbocycles. The molecule has 0 aromatic heterocycles. The molecule has 1 spiro atoms. The largest absolute Gasteiger partial charge is 0.459 e. The Kier molecular flexibility index (Phi) is 9.73. The number of carbonyl (C=O) groups excluding carboxylic acids is 1. The SMILES string of the molecule is O=C(OC1CC2CCC(C1)[N+]21CCCC1)C(OC(SCC1CCCCC1)C1CCCCC1)(c1ccccc1)c1ccccc1. The van der Waals surface area contributed by atoms with Gasteiger partial charge >= 0.3 is 5.97 Å². The van der Waals surface area contributed by atoms with E-state index < -0.39 is 5.60 Å². The van der Waals surface area contributed by atoms with Crippen LogP contribution in [0.5, 0.6) is 0 Å². The van der Waals surface area contributed by atoms with E-state index >= 15 is 4.79 Å². The van der Waals surface area contributed by atoms with Crippen LogP contribution in [0.3, 0.4) is 0 Å². The summed E-state index contributed by atoms with van der Waals surface area (Å²) in [6.45, 7) is 2.66. The van der Waals surface area contributed by atoms with Gasteiger partial charge in [-0.25, -0.2) is 4.79 Å². The highest BCUT2D eigenvalue weighted by molar-refractivity contribution is 7.99. The number of quaternary nitrogens is 1. The number of nitrogens with zero attached hydrogens (tertiary/aromatic N) is 1. The number of carbonyl (C=O) groups is 1. The Balaban J connectivity index is 1.21. The number of hydrogen-bond acceptors (Lipinski definition) is 4. The van der Waals surface area contributed by atoms with E-state index in [1.807, 2.05) is 23.9 Å². The maximum absolute atomic E-state index is 15.0. The lowest BCUT2D eigenvalue weighted by Gasteiger charge is -2.47. The van der Waals surface area contributed by atoms with E-state index in [2.05, 4.69) is 48.5 Å². The smallest absolute Gasteiger partial charge is 0.348 e. The van der Waals surface area contributed by atoms with Gasteiger partial charge in [0.05, 0.1) is 25.2 Å². The van der Waals surface area contributed by atoms with Crippen molar-refractivity contribution in [2.45, 2.75) is 132 Å². The average Bonchev–Trinajstić information content (AvgIpc) is 3.63. The predicted octanol–water partition coefficient (Wildman–Crippen LogP) is 9.01. The number of rotatable bonds is 10. The number of ether oxygens (including phenoxy) is 2. The summed E-state index contributed by atoms with van der Waals surface area (Å²) in [5.41, 5.74) is 0.487. The van der Waals surface area contributed by atoms with Crippen LogP contribution in [0.25, 0.3) is 0 Å². The number of hydrogen-bond donors (Lipinski definition) is 0. The minimum absolute atomic E-state index is 0.0252. The predicted molar refractivity (Wildman–Crippen MR) is 179 cm³/mol. The van der Waals surface area contributed by atoms with Crippen molar-refractivity contribution in [3.63, 3.8) is 0 Å². The minimum Gasteiger partial charge on any atom is -0.459 e. The van der Waals surface area contributed by atoms with Crippen molar-refractivity contribution in [2.24, 2.45) is 11.8 Å². The quantitative estimate of drug-likeness (QED) is 0.152. The highest BCUT2D eigenvalue weighted by Crippen LogP contribution is 2.48. The summed E-state index contributed by atoms with van der Waals surface area (Å²) in [4.78, 5) is 15.0. The molecule has 2 aliphatic carbocycles. The van der Waals surface area contributed by atoms with Crippen LogP contribution in [-0.4, -0.2) is 52.9 Å². The van der Waals surface area contributed by atoms with Crippen molar-refractivity contribution in [3.8, 4) is 0 Å². The van der Waals surface area contributed by atoms with Gasteiger partial charge in [0.25, 0.3) is 0 Å². The Labute approximate surface area is 270 Å². The van der Waals surface area contributed by atoms with Gasteiger partial charge < -0.3 is 14.0 Å². The van der Waals surface area contributed by atoms with Crippen LogP contribution in [-0.2, 0) is 19.9 Å². The van der Waals surface area contributed by atoms with Crippen molar-refractivity contribution >= 4 is 17.7 Å². The van der Waals surface area contributed by atoms with Crippen LogP contribution < -0.4 is 0 Å². The van der Waals surface area contributed by atoms with E-state index in [1.165, 1.54) is 107 Å². The zero-order chi connectivity index (χ0) is 29.8. The molecule has 0 radical (unpaired) electrons. The molecule has 0 N–H and O–H groups in total. The zero-order valence-corrected chi connectivity index (χ0v) is 27.6. The van der Waals surface area contributed by atoms with Gasteiger partial charge in [-0.15, -0.1) is 11.8 Å². The Hall–Kier alpha value is -1.82. The molecule has 44 heavy (non-hydrogen) atoms. The van der Waals surface area contributed by atoms with Gasteiger partial charge in [0.1, 0.15) is 11.5 Å². The molecule has 0 amide bonds. The van der Waals surface area contributed by atoms with Crippen LogP contribution in [0.2, 0.25) is 0 Å². The lowest BCUT2D eigenvalue weighted by atomic mass is 9.84. The van der Waals surface area contributed by atoms with E-state index in [4.69, 9.17) is 9.47 Å². The first kappa shape index (κ1) is 30.8. The average molecular weight is 617 g/mol. The second kappa shape index (κ2) is 13.9. The minimum atomic E-state index is -1.28. The molecule has 7 rings (SSSR count). The van der Waals surface area contributed by atoms with E-state index in [0.717, 1.165) is 35.6 Å². The fraction of sp³-hybridized carbons (Fsp3) is 0.667. The molecular weight excluding hydrogens is 563 g/mol. The fourth-order valence-corrected chi connectivity index (χ4v) is 11.5. The molecule has 5 aliphatic rings. The summed E-state index contributed by atoms with van der Waals surface area (Å²) < 4.78 is 15.6. The molecule has 2 aromatic rings. The van der Waals surface area contributed by atoms with Crippen molar-refractivity contribution in [3.05, 3.63) is 71.8 Å². The summed E-state index contributed by atoms with van der Waals surface area (Å²) in [6.07, 6.45) is 20.2. The van der Waals surface area contributed by atoms with Gasteiger partial charge in [0.2, 0.25) is 5.60 Å². The lowest BCUT2D eigenvalue weighted by molar-refractivity contribution is -0.956. The molecule has 3 atom stereocenters. The summed E-state index contributed by atoms with van der Waals surface area (Å²) >= 11 is 2.01. The monoisotopic (exact) mass is 616 g/mol. The summed E-state index contributed by atoms with van der Waals surface area (Å²) in [7, 11) is 0. The first-order chi connectivity index (χ1) is 21.7. The third kappa shape index (κ3) is 6.15. The molecule has 3 aliphatic heterocycles. The third-order valence-corrected chi connectivity index (χ3v) is 13.7. The van der Waals surface area contributed by atoms with E-state index in [0.29, 0.717) is 18.0 Å². The number of piperidine rings is 1. The number of esters is 1. The van der Waals surface area contributed by atoms with Gasteiger partial charge in [-0.1, -0.05) is 99.2 Å². The van der Waals surface area contributed by atoms with Gasteiger partial charge in [0, 0.05) is 38.5 Å². The molecule has 238 valence electrons. The summed E-state index contributed by atoms with van der Waals surface area (Å²) in [5.74, 6) is 2.15. The standard InChI is InChI=1S/C39H54NO3S/c41-38(42-36-27-34-23-24-35(28-36)40(34)25-13-14-26-40)39(32-19-9-3-10-20-32,33-21-11-4-12-22-33)43-37(31-17-7-2-8-18-31)44-29-30-15-5-1-6-16-30/h3-4,9-12,19-22,30-31,34-37H,1-2,5-8,13-18,23-29H2/q+1. The van der Waals surface area contributed by atoms with Gasteiger partial charge in [-0.05, 0) is 54.4 Å². The Bertz CT molecular complexity index is 1150. The van der Waals surface area contributed by atoms with E-state index in [9.17, 15) is 0 Å². The molecule has 5 fully saturated rings. The Morgan fingerprint density at radius 1 is 0.727 bits per heavy atom. The van der Waals surface area contributed by atoms with Crippen LogP contribution in [0.15, 0.2) is 60.7 Å². The van der Waals surface area contributed by atoms with Crippen molar-refractivity contribution < 1.29 is 18.8 Å². The Morgan fingerprint density at radius 3 is 1.84 bits per heavy atom. The van der Waals surface area contributed by atoms with Crippen LogP contribution in [0.4, 0.5) is 0 Å². The highest BCUT2D eigenvalue weighted by atomic mass is 32.2. The first-order valence-corrected chi connectivity index (χ1v) is 19.2. The molecule has 4 nitrogen and oxygen atoms in total. The van der Waals surface area contributed by atoms with Gasteiger partial charge in [-0.3, -0.25) is 0 Å². The normalized spacial score (nSPS) is 28.2. The zero-order valence-electron chi connectivity index (χ0n) is 26.8. The highest BCUT2D eigenvalue weighted by Gasteiger charge is 2.57. The number of benzene rings is 2. The first-order valence-electron chi connectivity index (χ1n) is 18.2. The molecule has 5 heteroatoms. The van der Waals surface area contributed by atoms with E-state index in [-0.39, 0.29) is 17.5 Å². The lowest BCUT2D eigenvalue weighted by Crippen LogP contribution is -2.60.